The minimum atomic E-state index is -0.633. The van der Waals surface area contributed by atoms with Gasteiger partial charge in [-0.1, -0.05) is 19.1 Å². The first-order valence-corrected chi connectivity index (χ1v) is 9.06. The molecule has 0 atom stereocenters. The molecule has 7 nitrogen and oxygen atoms in total. The zero-order valence-electron chi connectivity index (χ0n) is 16.4. The number of amides is 1. The number of hydrogen-bond acceptors (Lipinski definition) is 6. The lowest BCUT2D eigenvalue weighted by molar-refractivity contribution is 0.171. The molecule has 0 bridgehead atoms. The summed E-state index contributed by atoms with van der Waals surface area (Å²) in [5.41, 5.74) is 4.26. The average molecular weight is 386 g/mol. The van der Waals surface area contributed by atoms with Crippen LogP contribution in [0.1, 0.15) is 24.5 Å². The van der Waals surface area contributed by atoms with Crippen molar-refractivity contribution in [3.8, 4) is 17.2 Å². The van der Waals surface area contributed by atoms with Crippen LogP contribution in [0.2, 0.25) is 0 Å². The minimum absolute atomic E-state index is 0.501. The van der Waals surface area contributed by atoms with E-state index in [2.05, 4.69) is 34.3 Å². The molecule has 0 spiro atoms. The lowest BCUT2D eigenvalue weighted by Gasteiger charge is -2.12. The maximum absolute atomic E-state index is 11.0. The number of rotatable bonds is 10. The molecule has 1 N–H and O–H groups in total. The summed E-state index contributed by atoms with van der Waals surface area (Å²) in [6.07, 6.45) is 2.61. The Morgan fingerprint density at radius 2 is 1.79 bits per heavy atom. The lowest BCUT2D eigenvalue weighted by Crippen LogP contribution is -2.16. The fourth-order valence-corrected chi connectivity index (χ4v) is 2.34. The molecule has 7 heteroatoms. The predicted octanol–water partition coefficient (Wildman–Crippen LogP) is 3.80. The van der Waals surface area contributed by atoms with E-state index in [0.29, 0.717) is 24.7 Å². The van der Waals surface area contributed by atoms with E-state index in [1.54, 1.807) is 19.2 Å². The summed E-state index contributed by atoms with van der Waals surface area (Å²) in [6.45, 7) is 3.19. The second kappa shape index (κ2) is 11.5. The van der Waals surface area contributed by atoms with Crippen molar-refractivity contribution in [1.82, 2.24) is 5.43 Å². The number of methoxy groups -OCH3 is 2. The topological polar surface area (TPSA) is 78.4 Å². The van der Waals surface area contributed by atoms with Gasteiger partial charge in [0, 0.05) is 6.42 Å². The molecular formula is C21H26N2O5. The standard InChI is InChI=1S/C21H26N2O5/c1-4-16-6-9-18(10-7-16)27-12-5-13-28-19-11-8-17(14-20(19)25-2)15-22-23-21(24)26-3/h6-11,14-15H,4-5,12-13H2,1-3H3,(H,23,24). The Balaban J connectivity index is 1.78. The van der Waals surface area contributed by atoms with E-state index in [-0.39, 0.29) is 0 Å². The van der Waals surface area contributed by atoms with Gasteiger partial charge >= 0.3 is 6.09 Å². The first kappa shape index (κ1) is 21.1. The van der Waals surface area contributed by atoms with Crippen molar-refractivity contribution >= 4 is 12.3 Å². The maximum Gasteiger partial charge on any atom is 0.427 e. The van der Waals surface area contributed by atoms with E-state index in [4.69, 9.17) is 14.2 Å². The van der Waals surface area contributed by atoms with Crippen LogP contribution < -0.4 is 19.6 Å². The van der Waals surface area contributed by atoms with Gasteiger partial charge in [-0.3, -0.25) is 0 Å². The van der Waals surface area contributed by atoms with Gasteiger partial charge in [-0.2, -0.15) is 5.10 Å². The second-order valence-corrected chi connectivity index (χ2v) is 5.82. The molecule has 0 saturated carbocycles. The summed E-state index contributed by atoms with van der Waals surface area (Å²) in [5.74, 6) is 2.07. The summed E-state index contributed by atoms with van der Waals surface area (Å²) in [6, 6.07) is 13.5. The Hall–Kier alpha value is -3.22. The molecule has 0 saturated heterocycles. The van der Waals surface area contributed by atoms with Gasteiger partial charge in [0.2, 0.25) is 0 Å². The van der Waals surface area contributed by atoms with Gasteiger partial charge in [-0.25, -0.2) is 10.2 Å². The van der Waals surface area contributed by atoms with Crippen molar-refractivity contribution in [1.29, 1.82) is 0 Å². The summed E-state index contributed by atoms with van der Waals surface area (Å²) in [4.78, 5) is 11.0. The van der Waals surface area contributed by atoms with E-state index in [1.807, 2.05) is 18.2 Å². The van der Waals surface area contributed by atoms with Crippen molar-refractivity contribution in [2.75, 3.05) is 27.4 Å². The van der Waals surface area contributed by atoms with Crippen LogP contribution in [0.4, 0.5) is 4.79 Å². The highest BCUT2D eigenvalue weighted by atomic mass is 16.5. The van der Waals surface area contributed by atoms with Crippen molar-refractivity contribution in [2.45, 2.75) is 19.8 Å². The molecule has 0 aliphatic carbocycles. The first-order chi connectivity index (χ1) is 13.7. The smallest absolute Gasteiger partial charge is 0.427 e. The van der Waals surface area contributed by atoms with Crippen molar-refractivity contribution < 1.29 is 23.7 Å². The second-order valence-electron chi connectivity index (χ2n) is 5.82. The summed E-state index contributed by atoms with van der Waals surface area (Å²) in [7, 11) is 2.84. The molecule has 2 rings (SSSR count). The molecule has 150 valence electrons. The van der Waals surface area contributed by atoms with Gasteiger partial charge in [0.05, 0.1) is 33.6 Å². The zero-order chi connectivity index (χ0) is 20.2. The van der Waals surface area contributed by atoms with E-state index in [0.717, 1.165) is 24.2 Å². The molecule has 2 aromatic rings. The highest BCUT2D eigenvalue weighted by Crippen LogP contribution is 2.27. The third-order valence-corrected chi connectivity index (χ3v) is 3.89. The number of aryl methyl sites for hydroxylation is 1. The van der Waals surface area contributed by atoms with Gasteiger partial charge in [0.1, 0.15) is 5.75 Å². The molecule has 28 heavy (non-hydrogen) atoms. The fourth-order valence-electron chi connectivity index (χ4n) is 2.34. The van der Waals surface area contributed by atoms with Crippen LogP contribution in [0, 0.1) is 0 Å². The molecular weight excluding hydrogens is 360 g/mol. The largest absolute Gasteiger partial charge is 0.493 e. The van der Waals surface area contributed by atoms with Crippen LogP contribution in [0.3, 0.4) is 0 Å². The molecule has 1 amide bonds. The van der Waals surface area contributed by atoms with Crippen LogP contribution >= 0.6 is 0 Å². The third-order valence-electron chi connectivity index (χ3n) is 3.89. The Morgan fingerprint density at radius 1 is 1.04 bits per heavy atom. The van der Waals surface area contributed by atoms with Crippen molar-refractivity contribution in [3.05, 3.63) is 53.6 Å². The van der Waals surface area contributed by atoms with Gasteiger partial charge in [0.15, 0.2) is 11.5 Å². The Kier molecular flexibility index (Phi) is 8.65. The average Bonchev–Trinajstić information content (AvgIpc) is 2.74. The van der Waals surface area contributed by atoms with E-state index < -0.39 is 6.09 Å². The quantitative estimate of drug-likeness (QED) is 0.382. The molecule has 0 unspecified atom stereocenters. The molecule has 0 aromatic heterocycles. The molecule has 2 aromatic carbocycles. The Morgan fingerprint density at radius 3 is 2.46 bits per heavy atom. The number of hydrazone groups is 1. The maximum atomic E-state index is 11.0. The molecule has 0 fully saturated rings. The highest BCUT2D eigenvalue weighted by molar-refractivity contribution is 5.82. The van der Waals surface area contributed by atoms with Crippen molar-refractivity contribution in [2.24, 2.45) is 5.10 Å². The lowest BCUT2D eigenvalue weighted by atomic mass is 10.2. The minimum Gasteiger partial charge on any atom is -0.493 e. The fraction of sp³-hybridized carbons (Fsp3) is 0.333. The molecule has 0 aliphatic rings. The number of carbonyl (C=O) groups excluding carboxylic acids is 1. The summed E-state index contributed by atoms with van der Waals surface area (Å²) < 4.78 is 21.3. The van der Waals surface area contributed by atoms with E-state index >= 15 is 0 Å². The number of benzene rings is 2. The number of hydrogen-bond donors (Lipinski definition) is 1. The number of nitrogens with zero attached hydrogens (tertiary/aromatic N) is 1. The van der Waals surface area contributed by atoms with Crippen LogP contribution in [0.5, 0.6) is 17.2 Å². The number of ether oxygens (including phenoxy) is 4. The van der Waals surface area contributed by atoms with Gasteiger partial charge < -0.3 is 18.9 Å². The number of nitrogens with one attached hydrogen (secondary N) is 1. The van der Waals surface area contributed by atoms with Gasteiger partial charge in [0.25, 0.3) is 0 Å². The summed E-state index contributed by atoms with van der Waals surface area (Å²) >= 11 is 0. The first-order valence-electron chi connectivity index (χ1n) is 9.06. The SMILES string of the molecule is CCc1ccc(OCCCOc2ccc(C=NNC(=O)OC)cc2OC)cc1. The predicted molar refractivity (Wildman–Crippen MR) is 108 cm³/mol. The summed E-state index contributed by atoms with van der Waals surface area (Å²) in [5, 5.41) is 3.78. The number of carbonyl (C=O) groups is 1. The molecule has 0 aliphatic heterocycles. The van der Waals surface area contributed by atoms with Crippen LogP contribution in [-0.4, -0.2) is 39.7 Å². The van der Waals surface area contributed by atoms with Gasteiger partial charge in [-0.15, -0.1) is 0 Å². The van der Waals surface area contributed by atoms with E-state index in [1.165, 1.54) is 18.9 Å². The highest BCUT2D eigenvalue weighted by Gasteiger charge is 2.05. The monoisotopic (exact) mass is 386 g/mol. The zero-order valence-corrected chi connectivity index (χ0v) is 16.4. The van der Waals surface area contributed by atoms with E-state index in [9.17, 15) is 4.79 Å². The third kappa shape index (κ3) is 6.83. The molecule has 0 heterocycles. The van der Waals surface area contributed by atoms with Gasteiger partial charge in [-0.05, 0) is 47.9 Å². The van der Waals surface area contributed by atoms with Crippen LogP contribution in [0.15, 0.2) is 47.6 Å². The van der Waals surface area contributed by atoms with Crippen LogP contribution in [0.25, 0.3) is 0 Å². The van der Waals surface area contributed by atoms with Crippen molar-refractivity contribution in [3.63, 3.8) is 0 Å². The Labute approximate surface area is 165 Å². The molecule has 0 radical (unpaired) electrons. The Bertz CT molecular complexity index is 775. The normalized spacial score (nSPS) is 10.5. The van der Waals surface area contributed by atoms with Crippen LogP contribution in [-0.2, 0) is 11.2 Å².